The summed E-state index contributed by atoms with van der Waals surface area (Å²) in [5, 5.41) is 0. The van der Waals surface area contributed by atoms with E-state index in [0.717, 1.165) is 41.0 Å². The van der Waals surface area contributed by atoms with Crippen molar-refractivity contribution in [3.63, 3.8) is 0 Å². The van der Waals surface area contributed by atoms with Crippen LogP contribution in [-0.4, -0.2) is 47.4 Å². The zero-order chi connectivity index (χ0) is 18.8. The molecule has 1 saturated carbocycles. The van der Waals surface area contributed by atoms with Crippen LogP contribution in [0.4, 0.5) is 9.18 Å². The van der Waals surface area contributed by atoms with Crippen molar-refractivity contribution in [1.82, 2.24) is 9.80 Å². The first-order chi connectivity index (χ1) is 12.4. The number of amides is 4. The van der Waals surface area contributed by atoms with Gasteiger partial charge in [-0.1, -0.05) is 31.9 Å². The first-order valence-electron chi connectivity index (χ1n) is 9.13. The summed E-state index contributed by atoms with van der Waals surface area (Å²) in [7, 11) is 1.81. The molecule has 6 nitrogen and oxygen atoms in total. The molecule has 1 aliphatic heterocycles. The number of nitrogens with zero attached hydrogens (tertiary/aromatic N) is 2. The van der Waals surface area contributed by atoms with Crippen LogP contribution >= 0.6 is 0 Å². The first-order valence-corrected chi connectivity index (χ1v) is 9.13. The third kappa shape index (κ3) is 3.62. The summed E-state index contributed by atoms with van der Waals surface area (Å²) in [6.45, 7) is 2.55. The van der Waals surface area contributed by atoms with Crippen LogP contribution in [-0.2, 0) is 16.1 Å². The van der Waals surface area contributed by atoms with Crippen LogP contribution < -0.4 is 4.90 Å². The van der Waals surface area contributed by atoms with Crippen molar-refractivity contribution in [2.24, 2.45) is 5.92 Å². The molecule has 1 saturated heterocycles. The predicted octanol–water partition coefficient (Wildman–Crippen LogP) is 1.17. The number of nitrogens with one attached hydrogen (secondary N) is 1. The van der Waals surface area contributed by atoms with Gasteiger partial charge in [0, 0.05) is 11.6 Å². The standard InChI is InChI=1S/C19H24FN3O3/c1-13-6-3-4-9-16(13)23-18(25)17(24)22(19(23)26)12-21(2)11-14-7-5-8-15(20)10-14/h5,7-8,10,13,16H,3-4,6,9,11-12H2,1-2H3/p+1/t13-,16-/m0/s1. The molecule has 0 spiro atoms. The number of imide groups is 2. The fourth-order valence-corrected chi connectivity index (χ4v) is 3.96. The number of hydrogen-bond donors (Lipinski definition) is 1. The number of carbonyl (C=O) groups is 3. The number of quaternary nitrogens is 1. The Morgan fingerprint density at radius 1 is 1.15 bits per heavy atom. The monoisotopic (exact) mass is 362 g/mol. The summed E-state index contributed by atoms with van der Waals surface area (Å²) in [5.41, 5.74) is 0.769. The number of carbonyl (C=O) groups excluding carboxylic acids is 3. The van der Waals surface area contributed by atoms with E-state index in [0.29, 0.717) is 6.54 Å². The van der Waals surface area contributed by atoms with Gasteiger partial charge in [-0.15, -0.1) is 0 Å². The van der Waals surface area contributed by atoms with Gasteiger partial charge in [0.15, 0.2) is 6.67 Å². The van der Waals surface area contributed by atoms with Crippen LogP contribution in [0.5, 0.6) is 0 Å². The SMILES string of the molecule is C[C@H]1CCCC[C@@H]1N1C(=O)C(=O)N(C[NH+](C)Cc2cccc(F)c2)C1=O. The molecule has 3 rings (SSSR count). The van der Waals surface area contributed by atoms with E-state index >= 15 is 0 Å². The Morgan fingerprint density at radius 3 is 2.58 bits per heavy atom. The Morgan fingerprint density at radius 2 is 1.88 bits per heavy atom. The van der Waals surface area contributed by atoms with E-state index in [1.54, 1.807) is 12.1 Å². The molecule has 1 aromatic carbocycles. The van der Waals surface area contributed by atoms with Gasteiger partial charge in [0.2, 0.25) is 0 Å². The maximum absolute atomic E-state index is 13.3. The van der Waals surface area contributed by atoms with Gasteiger partial charge >= 0.3 is 17.8 Å². The van der Waals surface area contributed by atoms with Crippen molar-refractivity contribution in [3.8, 4) is 0 Å². The molecule has 2 fully saturated rings. The van der Waals surface area contributed by atoms with Crippen molar-refractivity contribution in [2.75, 3.05) is 13.7 Å². The van der Waals surface area contributed by atoms with E-state index in [4.69, 9.17) is 0 Å². The third-order valence-electron chi connectivity index (χ3n) is 5.30. The van der Waals surface area contributed by atoms with E-state index < -0.39 is 17.8 Å². The Balaban J connectivity index is 1.69. The molecule has 1 N–H and O–H groups in total. The Kier molecular flexibility index (Phi) is 5.36. The van der Waals surface area contributed by atoms with Gasteiger partial charge < -0.3 is 4.90 Å². The van der Waals surface area contributed by atoms with E-state index in [9.17, 15) is 18.8 Å². The third-order valence-corrected chi connectivity index (χ3v) is 5.30. The van der Waals surface area contributed by atoms with Gasteiger partial charge in [-0.2, -0.15) is 0 Å². The lowest BCUT2D eigenvalue weighted by molar-refractivity contribution is -0.901. The molecule has 1 unspecified atom stereocenters. The minimum atomic E-state index is -0.758. The van der Waals surface area contributed by atoms with Crippen LogP contribution in [0.1, 0.15) is 38.2 Å². The van der Waals surface area contributed by atoms with Crippen LogP contribution in [0, 0.1) is 11.7 Å². The molecule has 26 heavy (non-hydrogen) atoms. The lowest BCUT2D eigenvalue weighted by atomic mass is 9.85. The van der Waals surface area contributed by atoms with Crippen LogP contribution in [0.25, 0.3) is 0 Å². The summed E-state index contributed by atoms with van der Waals surface area (Å²) < 4.78 is 13.3. The quantitative estimate of drug-likeness (QED) is 0.632. The molecule has 3 atom stereocenters. The van der Waals surface area contributed by atoms with Gasteiger partial charge in [0.25, 0.3) is 0 Å². The molecule has 1 aliphatic carbocycles. The highest BCUT2D eigenvalue weighted by molar-refractivity contribution is 6.44. The second-order valence-corrected chi connectivity index (χ2v) is 7.44. The molecule has 0 radical (unpaired) electrons. The number of rotatable bonds is 5. The largest absolute Gasteiger partial charge is 0.338 e. The van der Waals surface area contributed by atoms with Crippen molar-refractivity contribution in [2.45, 2.75) is 45.2 Å². The summed E-state index contributed by atoms with van der Waals surface area (Å²) in [4.78, 5) is 40.5. The van der Waals surface area contributed by atoms with Crippen molar-refractivity contribution < 1.29 is 23.7 Å². The molecule has 140 valence electrons. The Hall–Kier alpha value is -2.28. The summed E-state index contributed by atoms with van der Waals surface area (Å²) in [5.74, 6) is -1.59. The zero-order valence-corrected chi connectivity index (χ0v) is 15.2. The first kappa shape index (κ1) is 18.5. The number of halogens is 1. The molecular formula is C19H25FN3O3+. The molecule has 1 heterocycles. The summed E-state index contributed by atoms with van der Waals surface area (Å²) in [6.07, 6.45) is 3.77. The van der Waals surface area contributed by atoms with Crippen LogP contribution in [0.2, 0.25) is 0 Å². The highest BCUT2D eigenvalue weighted by atomic mass is 19.1. The fourth-order valence-electron chi connectivity index (χ4n) is 3.96. The Bertz CT molecular complexity index is 724. The van der Waals surface area contributed by atoms with Crippen LogP contribution in [0.15, 0.2) is 24.3 Å². The molecule has 0 bridgehead atoms. The molecule has 7 heteroatoms. The van der Waals surface area contributed by atoms with Gasteiger partial charge in [0.1, 0.15) is 12.4 Å². The molecular weight excluding hydrogens is 337 g/mol. The smallest absolute Gasteiger partial charge is 0.316 e. The molecule has 0 aromatic heterocycles. The minimum absolute atomic E-state index is 0.0809. The number of benzene rings is 1. The average molecular weight is 362 g/mol. The second-order valence-electron chi connectivity index (χ2n) is 7.44. The maximum Gasteiger partial charge on any atom is 0.338 e. The lowest BCUT2D eigenvalue weighted by Crippen LogP contribution is -3.09. The highest BCUT2D eigenvalue weighted by Crippen LogP contribution is 2.30. The van der Waals surface area contributed by atoms with E-state index in [-0.39, 0.29) is 24.4 Å². The van der Waals surface area contributed by atoms with Crippen molar-refractivity contribution >= 4 is 17.8 Å². The molecule has 1 aromatic rings. The van der Waals surface area contributed by atoms with E-state index in [1.807, 2.05) is 14.0 Å². The normalized spacial score (nSPS) is 25.1. The summed E-state index contributed by atoms with van der Waals surface area (Å²) >= 11 is 0. The van der Waals surface area contributed by atoms with Crippen molar-refractivity contribution in [1.29, 1.82) is 0 Å². The maximum atomic E-state index is 13.3. The lowest BCUT2D eigenvalue weighted by Gasteiger charge is -2.34. The Labute approximate surface area is 152 Å². The molecule has 4 amide bonds. The number of hydrogen-bond acceptors (Lipinski definition) is 3. The fraction of sp³-hybridized carbons (Fsp3) is 0.526. The van der Waals surface area contributed by atoms with Gasteiger partial charge in [0.05, 0.1) is 7.05 Å². The second kappa shape index (κ2) is 7.53. The van der Waals surface area contributed by atoms with Crippen LogP contribution in [0.3, 0.4) is 0 Å². The highest BCUT2D eigenvalue weighted by Gasteiger charge is 2.50. The molecule has 2 aliphatic rings. The van der Waals surface area contributed by atoms with Gasteiger partial charge in [-0.05, 0) is 30.9 Å². The zero-order valence-electron chi connectivity index (χ0n) is 15.2. The predicted molar refractivity (Wildman–Crippen MR) is 92.4 cm³/mol. The van der Waals surface area contributed by atoms with Crippen molar-refractivity contribution in [3.05, 3.63) is 35.6 Å². The average Bonchev–Trinajstić information content (AvgIpc) is 2.79. The summed E-state index contributed by atoms with van der Waals surface area (Å²) in [6, 6.07) is 5.51. The minimum Gasteiger partial charge on any atom is -0.316 e. The van der Waals surface area contributed by atoms with E-state index in [2.05, 4.69) is 0 Å². The number of urea groups is 1. The van der Waals surface area contributed by atoms with Gasteiger partial charge in [-0.25, -0.2) is 14.1 Å². The van der Waals surface area contributed by atoms with Gasteiger partial charge in [-0.3, -0.25) is 14.5 Å². The van der Waals surface area contributed by atoms with E-state index in [1.165, 1.54) is 17.0 Å². The topological polar surface area (TPSA) is 62.1 Å².